The van der Waals surface area contributed by atoms with Crippen molar-refractivity contribution in [3.05, 3.63) is 35.4 Å². The Kier molecular flexibility index (Phi) is 7.02. The van der Waals surface area contributed by atoms with Crippen LogP contribution in [0.5, 0.6) is 5.75 Å². The van der Waals surface area contributed by atoms with E-state index in [1.807, 2.05) is 6.07 Å². The lowest BCUT2D eigenvalue weighted by Gasteiger charge is -2.22. The van der Waals surface area contributed by atoms with E-state index in [-0.39, 0.29) is 24.1 Å². The van der Waals surface area contributed by atoms with E-state index in [1.54, 1.807) is 31.4 Å². The molecule has 0 atom stereocenters. The van der Waals surface area contributed by atoms with Crippen LogP contribution >= 0.6 is 0 Å². The van der Waals surface area contributed by atoms with Crippen LogP contribution in [0.3, 0.4) is 0 Å². The fourth-order valence-electron chi connectivity index (χ4n) is 2.73. The molecule has 0 saturated heterocycles. The van der Waals surface area contributed by atoms with E-state index in [4.69, 9.17) is 14.7 Å². The quantitative estimate of drug-likeness (QED) is 0.488. The van der Waals surface area contributed by atoms with Gasteiger partial charge in [0.05, 0.1) is 7.11 Å². The minimum Gasteiger partial charge on any atom is -0.497 e. The van der Waals surface area contributed by atoms with Crippen LogP contribution in [-0.4, -0.2) is 31.6 Å². The number of hydrogen-bond acceptors (Lipinski definition) is 5. The van der Waals surface area contributed by atoms with Crippen LogP contribution in [0.15, 0.2) is 29.8 Å². The number of rotatable bonds is 6. The van der Waals surface area contributed by atoms with Gasteiger partial charge in [-0.1, -0.05) is 31.4 Å². The second-order valence-electron chi connectivity index (χ2n) is 5.92. The molecule has 1 aliphatic carbocycles. The maximum Gasteiger partial charge on any atom is 0.349 e. The summed E-state index contributed by atoms with van der Waals surface area (Å²) in [6, 6.07) is 8.86. The average Bonchev–Trinajstić information content (AvgIpc) is 2.65. The highest BCUT2D eigenvalue weighted by molar-refractivity contribution is 5.98. The van der Waals surface area contributed by atoms with E-state index in [9.17, 15) is 9.59 Å². The molecule has 1 aromatic carbocycles. The molecule has 1 aromatic rings. The summed E-state index contributed by atoms with van der Waals surface area (Å²) in [5, 5.41) is 12.0. The molecule has 1 amide bonds. The van der Waals surface area contributed by atoms with Crippen molar-refractivity contribution in [1.29, 1.82) is 5.26 Å². The predicted octanol–water partition coefficient (Wildman–Crippen LogP) is 2.59. The van der Waals surface area contributed by atoms with Crippen molar-refractivity contribution in [3.63, 3.8) is 0 Å². The monoisotopic (exact) mass is 342 g/mol. The standard InChI is InChI=1S/C19H22N2O4/c1-24-17-9-7-14(8-10-17)11-15(12-20)19(23)25-13-18(22)21-16-5-3-2-4-6-16/h7-11,16H,2-6,13H2,1H3,(H,21,22). The molecule has 1 fully saturated rings. The Labute approximate surface area is 147 Å². The van der Waals surface area contributed by atoms with Crippen LogP contribution in [0.2, 0.25) is 0 Å². The average molecular weight is 342 g/mol. The summed E-state index contributed by atoms with van der Waals surface area (Å²) in [5.74, 6) is -0.461. The lowest BCUT2D eigenvalue weighted by molar-refractivity contribution is -0.144. The first-order valence-electron chi connectivity index (χ1n) is 8.34. The maximum absolute atomic E-state index is 12.0. The fourth-order valence-corrected chi connectivity index (χ4v) is 2.73. The number of esters is 1. The van der Waals surface area contributed by atoms with Gasteiger partial charge in [-0.15, -0.1) is 0 Å². The molecule has 1 N–H and O–H groups in total. The number of ether oxygens (including phenoxy) is 2. The number of methoxy groups -OCH3 is 1. The number of nitrogens with zero attached hydrogens (tertiary/aromatic N) is 1. The number of nitriles is 1. The largest absolute Gasteiger partial charge is 0.497 e. The van der Waals surface area contributed by atoms with Crippen LogP contribution in [0.1, 0.15) is 37.7 Å². The first-order valence-corrected chi connectivity index (χ1v) is 8.34. The Hall–Kier alpha value is -2.81. The van der Waals surface area contributed by atoms with Gasteiger partial charge in [0.1, 0.15) is 17.4 Å². The van der Waals surface area contributed by atoms with Gasteiger partial charge in [0, 0.05) is 6.04 Å². The normalized spacial score (nSPS) is 15.1. The predicted molar refractivity (Wildman–Crippen MR) is 92.6 cm³/mol. The molecule has 0 heterocycles. The molecule has 0 bridgehead atoms. The van der Waals surface area contributed by atoms with Crippen LogP contribution in [0.25, 0.3) is 6.08 Å². The number of benzene rings is 1. The van der Waals surface area contributed by atoms with Gasteiger partial charge in [0.2, 0.25) is 0 Å². The molecule has 2 rings (SSSR count). The highest BCUT2D eigenvalue weighted by Crippen LogP contribution is 2.17. The molecule has 0 aliphatic heterocycles. The Balaban J connectivity index is 1.87. The van der Waals surface area contributed by atoms with Crippen LogP contribution in [-0.2, 0) is 14.3 Å². The van der Waals surface area contributed by atoms with Gasteiger partial charge in [-0.3, -0.25) is 4.79 Å². The summed E-state index contributed by atoms with van der Waals surface area (Å²) in [4.78, 5) is 23.8. The highest BCUT2D eigenvalue weighted by atomic mass is 16.5. The van der Waals surface area contributed by atoms with Gasteiger partial charge in [0.25, 0.3) is 5.91 Å². The Morgan fingerprint density at radius 2 is 1.92 bits per heavy atom. The molecular formula is C19H22N2O4. The summed E-state index contributed by atoms with van der Waals surface area (Å²) in [6.45, 7) is -0.378. The van der Waals surface area contributed by atoms with Crippen molar-refractivity contribution >= 4 is 18.0 Å². The SMILES string of the molecule is COc1ccc(C=C(C#N)C(=O)OCC(=O)NC2CCCCC2)cc1. The van der Waals surface area contributed by atoms with Crippen LogP contribution in [0, 0.1) is 11.3 Å². The second kappa shape index (κ2) is 9.48. The first kappa shape index (κ1) is 18.5. The van der Waals surface area contributed by atoms with Gasteiger partial charge in [0.15, 0.2) is 6.61 Å². The van der Waals surface area contributed by atoms with Crippen molar-refractivity contribution in [2.75, 3.05) is 13.7 Å². The summed E-state index contributed by atoms with van der Waals surface area (Å²) in [5.41, 5.74) is 0.511. The third-order valence-electron chi connectivity index (χ3n) is 4.07. The van der Waals surface area contributed by atoms with E-state index in [2.05, 4.69) is 5.32 Å². The molecular weight excluding hydrogens is 320 g/mol. The maximum atomic E-state index is 12.0. The Morgan fingerprint density at radius 3 is 2.52 bits per heavy atom. The molecule has 6 heteroatoms. The topological polar surface area (TPSA) is 88.4 Å². The van der Waals surface area contributed by atoms with Crippen molar-refractivity contribution in [3.8, 4) is 11.8 Å². The van der Waals surface area contributed by atoms with E-state index >= 15 is 0 Å². The van der Waals surface area contributed by atoms with E-state index in [1.165, 1.54) is 12.5 Å². The van der Waals surface area contributed by atoms with Gasteiger partial charge in [-0.2, -0.15) is 5.26 Å². The van der Waals surface area contributed by atoms with Gasteiger partial charge < -0.3 is 14.8 Å². The molecule has 0 radical (unpaired) electrons. The lowest BCUT2D eigenvalue weighted by Crippen LogP contribution is -2.38. The van der Waals surface area contributed by atoms with Gasteiger partial charge >= 0.3 is 5.97 Å². The van der Waals surface area contributed by atoms with Crippen molar-refractivity contribution in [1.82, 2.24) is 5.32 Å². The number of amides is 1. The van der Waals surface area contributed by atoms with Gasteiger partial charge in [-0.25, -0.2) is 4.79 Å². The van der Waals surface area contributed by atoms with E-state index < -0.39 is 5.97 Å². The minimum atomic E-state index is -0.808. The summed E-state index contributed by atoms with van der Waals surface area (Å²) in [6.07, 6.45) is 6.74. The fraction of sp³-hybridized carbons (Fsp3) is 0.421. The third kappa shape index (κ3) is 5.96. The summed E-state index contributed by atoms with van der Waals surface area (Å²) >= 11 is 0. The van der Waals surface area contributed by atoms with E-state index in [0.29, 0.717) is 11.3 Å². The zero-order valence-corrected chi connectivity index (χ0v) is 14.3. The third-order valence-corrected chi connectivity index (χ3v) is 4.07. The number of carbonyl (C=O) groups excluding carboxylic acids is 2. The molecule has 132 valence electrons. The Bertz CT molecular complexity index is 668. The second-order valence-corrected chi connectivity index (χ2v) is 5.92. The van der Waals surface area contributed by atoms with E-state index in [0.717, 1.165) is 25.7 Å². The summed E-state index contributed by atoms with van der Waals surface area (Å²) < 4.78 is 10.0. The molecule has 0 spiro atoms. The zero-order chi connectivity index (χ0) is 18.1. The number of hydrogen-bond donors (Lipinski definition) is 1. The molecule has 25 heavy (non-hydrogen) atoms. The molecule has 1 saturated carbocycles. The zero-order valence-electron chi connectivity index (χ0n) is 14.3. The van der Waals surface area contributed by atoms with Crippen molar-refractivity contribution in [2.24, 2.45) is 0 Å². The highest BCUT2D eigenvalue weighted by Gasteiger charge is 2.17. The van der Waals surface area contributed by atoms with Crippen LogP contribution < -0.4 is 10.1 Å². The minimum absolute atomic E-state index is 0.157. The first-order chi connectivity index (χ1) is 12.1. The molecule has 6 nitrogen and oxygen atoms in total. The molecule has 0 aromatic heterocycles. The smallest absolute Gasteiger partial charge is 0.349 e. The van der Waals surface area contributed by atoms with Crippen molar-refractivity contribution in [2.45, 2.75) is 38.1 Å². The number of carbonyl (C=O) groups is 2. The van der Waals surface area contributed by atoms with Crippen LogP contribution in [0.4, 0.5) is 0 Å². The van der Waals surface area contributed by atoms with Crippen molar-refractivity contribution < 1.29 is 19.1 Å². The Morgan fingerprint density at radius 1 is 1.24 bits per heavy atom. The summed E-state index contributed by atoms with van der Waals surface area (Å²) in [7, 11) is 1.56. The van der Waals surface area contributed by atoms with Gasteiger partial charge in [-0.05, 0) is 36.6 Å². The molecule has 0 unspecified atom stereocenters. The number of nitrogens with one attached hydrogen (secondary N) is 1. The lowest BCUT2D eigenvalue weighted by atomic mass is 9.95. The molecule has 1 aliphatic rings.